The highest BCUT2D eigenvalue weighted by molar-refractivity contribution is 5.98. The molecule has 1 rings (SSSR count). The van der Waals surface area contributed by atoms with Crippen LogP contribution in [0.2, 0.25) is 0 Å². The zero-order valence-corrected chi connectivity index (χ0v) is 5.12. The lowest BCUT2D eigenvalue weighted by Gasteiger charge is -2.14. The quantitative estimate of drug-likeness (QED) is 0.334. The van der Waals surface area contributed by atoms with Gasteiger partial charge in [-0.3, -0.25) is 5.26 Å². The molecule has 9 heavy (non-hydrogen) atoms. The molecule has 0 unspecified atom stereocenters. The van der Waals surface area contributed by atoms with Crippen molar-refractivity contribution < 1.29 is 14.8 Å². The largest absolute Gasteiger partial charge is 0.442 e. The Morgan fingerprint density at radius 1 is 1.33 bits per heavy atom. The molecule has 0 spiro atoms. The van der Waals surface area contributed by atoms with Crippen LogP contribution in [-0.4, -0.2) is 25.5 Å². The van der Waals surface area contributed by atoms with Crippen LogP contribution in [-0.2, 0) is 9.54 Å². The van der Waals surface area contributed by atoms with Crippen LogP contribution >= 0.6 is 0 Å². The lowest BCUT2D eigenvalue weighted by atomic mass is 10.2. The second-order valence-electron chi connectivity index (χ2n) is 2.25. The predicted octanol–water partition coefficient (Wildman–Crippen LogP) is 0.497. The van der Waals surface area contributed by atoms with Crippen LogP contribution in [0.25, 0.3) is 0 Å². The molecular weight excluding hydrogens is 119 g/mol. The molecule has 1 N–H and O–H groups in total. The summed E-state index contributed by atoms with van der Waals surface area (Å²) in [6, 6.07) is 0. The van der Waals surface area contributed by atoms with E-state index in [0.29, 0.717) is 0 Å². The first-order valence-electron chi connectivity index (χ1n) is 3.04. The first-order valence-corrected chi connectivity index (χ1v) is 3.04. The zero-order chi connectivity index (χ0) is 6.69. The smallest absolute Gasteiger partial charge is 0.283 e. The molecule has 3 nitrogen and oxygen atoms in total. The van der Waals surface area contributed by atoms with Gasteiger partial charge < -0.3 is 4.65 Å². The summed E-state index contributed by atoms with van der Waals surface area (Å²) in [6.45, 7) is 0. The van der Waals surface area contributed by atoms with E-state index in [1.54, 1.807) is 0 Å². The molecule has 1 fully saturated rings. The minimum atomic E-state index is -0.213. The van der Waals surface area contributed by atoms with Crippen LogP contribution in [0.15, 0.2) is 0 Å². The fraction of sp³-hybridized carbons (Fsp3) is 1.00. The third-order valence-corrected chi connectivity index (χ3v) is 1.70. The van der Waals surface area contributed by atoms with Crippen molar-refractivity contribution >= 4 is 8.05 Å². The number of rotatable bonds is 2. The standard InChI is InChI=1S/C5H9BO3/c6-8-4-2-1-3-5(4)9-7/h4-5,7H,1-3H2/t4-,5-/m0/s1. The average molecular weight is 128 g/mol. The molecule has 0 aromatic rings. The normalized spacial score (nSPS) is 35.2. The van der Waals surface area contributed by atoms with E-state index >= 15 is 0 Å². The van der Waals surface area contributed by atoms with Gasteiger partial charge in [-0.1, -0.05) is 0 Å². The highest BCUT2D eigenvalue weighted by Crippen LogP contribution is 2.22. The highest BCUT2D eigenvalue weighted by Gasteiger charge is 2.27. The summed E-state index contributed by atoms with van der Waals surface area (Å²) in [5, 5.41) is 8.23. The summed E-state index contributed by atoms with van der Waals surface area (Å²) in [5.41, 5.74) is 0. The topological polar surface area (TPSA) is 38.7 Å². The Balaban J connectivity index is 2.32. The third-order valence-electron chi connectivity index (χ3n) is 1.70. The van der Waals surface area contributed by atoms with Crippen molar-refractivity contribution in [1.82, 2.24) is 0 Å². The van der Waals surface area contributed by atoms with E-state index in [1.807, 2.05) is 0 Å². The van der Waals surface area contributed by atoms with Crippen molar-refractivity contribution in [2.45, 2.75) is 31.5 Å². The molecule has 50 valence electrons. The number of hydrogen-bond donors (Lipinski definition) is 1. The van der Waals surface area contributed by atoms with Gasteiger partial charge in [0.2, 0.25) is 0 Å². The summed E-state index contributed by atoms with van der Waals surface area (Å²) >= 11 is 0. The third kappa shape index (κ3) is 1.44. The van der Waals surface area contributed by atoms with Crippen LogP contribution < -0.4 is 0 Å². The highest BCUT2D eigenvalue weighted by atomic mass is 17.1. The van der Waals surface area contributed by atoms with E-state index in [4.69, 9.17) is 13.3 Å². The van der Waals surface area contributed by atoms with Crippen LogP contribution in [0, 0.1) is 0 Å². The van der Waals surface area contributed by atoms with Gasteiger partial charge in [0.05, 0.1) is 6.10 Å². The molecule has 1 saturated carbocycles. The van der Waals surface area contributed by atoms with Gasteiger partial charge in [0, 0.05) is 0 Å². The molecule has 0 aromatic heterocycles. The summed E-state index contributed by atoms with van der Waals surface area (Å²) < 4.78 is 4.53. The first-order chi connectivity index (χ1) is 4.38. The first kappa shape index (κ1) is 7.06. The summed E-state index contributed by atoms with van der Waals surface area (Å²) in [6.07, 6.45) is 2.39. The van der Waals surface area contributed by atoms with Gasteiger partial charge in [-0.25, -0.2) is 4.89 Å². The second-order valence-corrected chi connectivity index (χ2v) is 2.25. The minimum absolute atomic E-state index is 0.116. The molecule has 0 heterocycles. The van der Waals surface area contributed by atoms with Crippen molar-refractivity contribution in [3.8, 4) is 0 Å². The van der Waals surface area contributed by atoms with Gasteiger partial charge in [-0.2, -0.15) is 0 Å². The Bertz CT molecular complexity index is 78.3. The lowest BCUT2D eigenvalue weighted by molar-refractivity contribution is -0.288. The summed E-state index contributed by atoms with van der Waals surface area (Å²) in [7, 11) is 4.91. The van der Waals surface area contributed by atoms with E-state index in [0.717, 1.165) is 19.3 Å². The predicted molar refractivity (Wildman–Crippen MR) is 32.0 cm³/mol. The van der Waals surface area contributed by atoms with E-state index in [1.165, 1.54) is 0 Å². The molecule has 0 saturated heterocycles. The van der Waals surface area contributed by atoms with E-state index in [-0.39, 0.29) is 12.2 Å². The van der Waals surface area contributed by atoms with Crippen molar-refractivity contribution in [2.24, 2.45) is 0 Å². The summed E-state index contributed by atoms with van der Waals surface area (Å²) in [4.78, 5) is 4.11. The molecule has 2 atom stereocenters. The monoisotopic (exact) mass is 128 g/mol. The Labute approximate surface area is 55.3 Å². The maximum absolute atomic E-state index is 8.23. The van der Waals surface area contributed by atoms with Crippen molar-refractivity contribution in [1.29, 1.82) is 0 Å². The molecule has 0 aromatic carbocycles. The molecule has 4 heteroatoms. The zero-order valence-electron chi connectivity index (χ0n) is 5.12. The molecular formula is C5H9BO3. The van der Waals surface area contributed by atoms with Crippen LogP contribution in [0.1, 0.15) is 19.3 Å². The van der Waals surface area contributed by atoms with Crippen molar-refractivity contribution in [3.05, 3.63) is 0 Å². The van der Waals surface area contributed by atoms with Gasteiger partial charge in [-0.05, 0) is 19.3 Å². The SMILES string of the molecule is [B]O[C@H]1CCC[C@@H]1OO. The number of hydrogen-bond acceptors (Lipinski definition) is 3. The van der Waals surface area contributed by atoms with E-state index in [9.17, 15) is 0 Å². The minimum Gasteiger partial charge on any atom is -0.442 e. The van der Waals surface area contributed by atoms with Crippen LogP contribution in [0.5, 0.6) is 0 Å². The van der Waals surface area contributed by atoms with Crippen molar-refractivity contribution in [2.75, 3.05) is 0 Å². The van der Waals surface area contributed by atoms with E-state index in [2.05, 4.69) is 9.54 Å². The van der Waals surface area contributed by atoms with Gasteiger partial charge >= 0.3 is 0 Å². The Morgan fingerprint density at radius 2 is 2.00 bits per heavy atom. The maximum atomic E-state index is 8.23. The summed E-state index contributed by atoms with van der Waals surface area (Å²) in [5.74, 6) is 0. The fourth-order valence-corrected chi connectivity index (χ4v) is 1.17. The molecule has 0 bridgehead atoms. The van der Waals surface area contributed by atoms with Crippen molar-refractivity contribution in [3.63, 3.8) is 0 Å². The van der Waals surface area contributed by atoms with Crippen LogP contribution in [0.4, 0.5) is 0 Å². The molecule has 1 aliphatic rings. The Kier molecular flexibility index (Phi) is 2.51. The molecule has 2 radical (unpaired) electrons. The Hall–Kier alpha value is -0.0551. The fourth-order valence-electron chi connectivity index (χ4n) is 1.17. The maximum Gasteiger partial charge on any atom is 0.283 e. The second kappa shape index (κ2) is 3.20. The van der Waals surface area contributed by atoms with Gasteiger partial charge in [0.15, 0.2) is 0 Å². The van der Waals surface area contributed by atoms with Gasteiger partial charge in [0.25, 0.3) is 8.05 Å². The molecule has 1 aliphatic carbocycles. The Morgan fingerprint density at radius 3 is 2.44 bits per heavy atom. The molecule has 0 amide bonds. The van der Waals surface area contributed by atoms with Gasteiger partial charge in [-0.15, -0.1) is 0 Å². The molecule has 0 aliphatic heterocycles. The van der Waals surface area contributed by atoms with Crippen LogP contribution in [0.3, 0.4) is 0 Å². The van der Waals surface area contributed by atoms with Gasteiger partial charge in [0.1, 0.15) is 6.10 Å². The lowest BCUT2D eigenvalue weighted by Crippen LogP contribution is -2.23. The average Bonchev–Trinajstić information content (AvgIpc) is 2.33. The van der Waals surface area contributed by atoms with E-state index < -0.39 is 0 Å².